The molecule has 0 aliphatic carbocycles. The van der Waals surface area contributed by atoms with E-state index in [1.165, 1.54) is 33.2 Å². The zero-order valence-electron chi connectivity index (χ0n) is 35.1. The van der Waals surface area contributed by atoms with Gasteiger partial charge in [-0.2, -0.15) is 0 Å². The Balaban J connectivity index is 3.26. The summed E-state index contributed by atoms with van der Waals surface area (Å²) in [6.45, 7) is 8.60. The van der Waals surface area contributed by atoms with Crippen LogP contribution in [0.2, 0.25) is 0 Å². The lowest BCUT2D eigenvalue weighted by Crippen LogP contribution is -2.59. The molecule has 0 heterocycles. The van der Waals surface area contributed by atoms with Crippen molar-refractivity contribution < 1.29 is 48.6 Å². The fourth-order valence-corrected chi connectivity index (χ4v) is 6.31. The van der Waals surface area contributed by atoms with E-state index in [1.807, 2.05) is 13.8 Å². The number of rotatable bonds is 25. The normalized spacial score (nSPS) is 14.1. The number of Topliss-reactive ketones (excluding diaryl/α,β-unsaturated/α-hetero) is 2. The number of guanidine groups is 1. The van der Waals surface area contributed by atoms with E-state index in [0.29, 0.717) is 12.0 Å². The zero-order valence-corrected chi connectivity index (χ0v) is 35.1. The first-order valence-corrected chi connectivity index (χ1v) is 19.5. The molecule has 1 rings (SSSR count). The summed E-state index contributed by atoms with van der Waals surface area (Å²) in [5.41, 5.74) is 25.2. The number of carboxylic acid groups (broad SMARTS) is 1. The number of hydrogen-bond donors (Lipinski definition) is 9. The Morgan fingerprint density at radius 2 is 1.39 bits per heavy atom. The number of nitrogens with one attached hydrogen (secondary N) is 3. The number of aromatic hydroxyl groups is 1. The van der Waals surface area contributed by atoms with Crippen LogP contribution in [0, 0.1) is 23.7 Å². The summed E-state index contributed by atoms with van der Waals surface area (Å²) in [5, 5.41) is 25.1. The van der Waals surface area contributed by atoms with Crippen molar-refractivity contribution in [3.05, 3.63) is 29.8 Å². The van der Waals surface area contributed by atoms with E-state index in [0.717, 1.165) is 9.91 Å². The molecule has 0 aliphatic rings. The lowest BCUT2D eigenvalue weighted by atomic mass is 9.88. The number of ketones is 2. The largest absolute Gasteiger partial charge is 0.508 e. The highest BCUT2D eigenvalue weighted by atomic mass is 16.4. The molecule has 0 radical (unpaired) electrons. The minimum atomic E-state index is -1.35. The molecular formula is C39H64N10O10. The number of nitrogens with zero attached hydrogens (tertiary/aromatic N) is 3. The third kappa shape index (κ3) is 18.6. The first kappa shape index (κ1) is 51.2. The molecule has 0 saturated carbocycles. The van der Waals surface area contributed by atoms with E-state index in [2.05, 4.69) is 21.1 Å². The quantitative estimate of drug-likeness (QED) is 0.0269. The molecule has 20 heteroatoms. The summed E-state index contributed by atoms with van der Waals surface area (Å²) < 4.78 is 0. The number of carboxylic acids is 1. The molecule has 13 N–H and O–H groups in total. The predicted molar refractivity (Wildman–Crippen MR) is 219 cm³/mol. The number of hydrogen-bond acceptors (Lipinski definition) is 11. The van der Waals surface area contributed by atoms with Crippen molar-refractivity contribution in [2.24, 2.45) is 51.6 Å². The predicted octanol–water partition coefficient (Wildman–Crippen LogP) is -0.108. The number of phenolic OH excluding ortho intramolecular Hbond substituents is 1. The van der Waals surface area contributed by atoms with Gasteiger partial charge in [-0.3, -0.25) is 44.0 Å². The molecule has 330 valence electrons. The van der Waals surface area contributed by atoms with Crippen molar-refractivity contribution in [2.75, 3.05) is 20.6 Å². The number of carbonyl (C=O) groups is 8. The van der Waals surface area contributed by atoms with Crippen LogP contribution >= 0.6 is 0 Å². The second-order valence-corrected chi connectivity index (χ2v) is 15.5. The molecule has 0 fully saturated rings. The number of benzene rings is 1. The second kappa shape index (κ2) is 24.9. The average Bonchev–Trinajstić information content (AvgIpc) is 3.13. The summed E-state index contributed by atoms with van der Waals surface area (Å²) in [6, 6.07) is 0.654. The van der Waals surface area contributed by atoms with Crippen LogP contribution in [0.4, 0.5) is 4.79 Å². The van der Waals surface area contributed by atoms with Gasteiger partial charge in [-0.25, -0.2) is 9.80 Å². The van der Waals surface area contributed by atoms with E-state index >= 15 is 0 Å². The Hall–Kier alpha value is -5.79. The van der Waals surface area contributed by atoms with Crippen molar-refractivity contribution in [1.82, 2.24) is 26.0 Å². The van der Waals surface area contributed by atoms with E-state index in [1.54, 1.807) is 26.0 Å². The van der Waals surface area contributed by atoms with Gasteiger partial charge in [-0.15, -0.1) is 0 Å². The van der Waals surface area contributed by atoms with Crippen molar-refractivity contribution >= 4 is 53.2 Å². The fraction of sp³-hybridized carbons (Fsp3) is 0.615. The highest BCUT2D eigenvalue weighted by Gasteiger charge is 2.36. The van der Waals surface area contributed by atoms with Crippen LogP contribution in [-0.4, -0.2) is 118 Å². The Kier molecular flexibility index (Phi) is 21.6. The lowest BCUT2D eigenvalue weighted by Gasteiger charge is -2.34. The van der Waals surface area contributed by atoms with Crippen LogP contribution in [0.1, 0.15) is 85.1 Å². The van der Waals surface area contributed by atoms with Gasteiger partial charge in [-0.05, 0) is 68.6 Å². The van der Waals surface area contributed by atoms with Crippen LogP contribution < -0.4 is 39.0 Å². The lowest BCUT2D eigenvalue weighted by molar-refractivity contribution is -0.139. The smallest absolute Gasteiger partial charge is 0.338 e. The number of amides is 6. The molecule has 59 heavy (non-hydrogen) atoms. The van der Waals surface area contributed by atoms with Gasteiger partial charge < -0.3 is 48.7 Å². The number of carbonyl (C=O) groups excluding carboxylic acids is 7. The van der Waals surface area contributed by atoms with E-state index in [4.69, 9.17) is 22.9 Å². The van der Waals surface area contributed by atoms with Gasteiger partial charge in [0, 0.05) is 45.8 Å². The minimum absolute atomic E-state index is 0.00207. The zero-order chi connectivity index (χ0) is 45.1. The molecule has 0 saturated heterocycles. The molecule has 1 aromatic rings. The number of primary amides is 1. The fourth-order valence-electron chi connectivity index (χ4n) is 6.31. The van der Waals surface area contributed by atoms with Gasteiger partial charge in [0.2, 0.25) is 23.6 Å². The molecule has 6 amide bonds. The van der Waals surface area contributed by atoms with Crippen molar-refractivity contribution in [3.63, 3.8) is 0 Å². The van der Waals surface area contributed by atoms with Gasteiger partial charge >= 0.3 is 12.0 Å². The number of likely N-dealkylation sites (N-methyl/N-ethyl adjacent to an activating group) is 1. The molecule has 1 aromatic carbocycles. The Morgan fingerprint density at radius 1 is 0.797 bits per heavy atom. The molecule has 0 bridgehead atoms. The number of hydrazine groups is 1. The molecule has 6 atom stereocenters. The number of phenols is 1. The maximum Gasteiger partial charge on any atom is 0.338 e. The first-order valence-electron chi connectivity index (χ1n) is 19.5. The third-order valence-corrected chi connectivity index (χ3v) is 9.51. The van der Waals surface area contributed by atoms with Crippen LogP contribution in [0.5, 0.6) is 5.75 Å². The summed E-state index contributed by atoms with van der Waals surface area (Å²) in [6.07, 6.45) is -0.537. The highest BCUT2D eigenvalue weighted by molar-refractivity contribution is 5.96. The van der Waals surface area contributed by atoms with Crippen molar-refractivity contribution in [3.8, 4) is 5.75 Å². The molecule has 0 aromatic heterocycles. The number of urea groups is 1. The molecular weight excluding hydrogens is 768 g/mol. The van der Waals surface area contributed by atoms with Crippen LogP contribution in [0.25, 0.3) is 0 Å². The third-order valence-electron chi connectivity index (χ3n) is 9.51. The average molecular weight is 833 g/mol. The van der Waals surface area contributed by atoms with Crippen LogP contribution in [0.3, 0.4) is 0 Å². The van der Waals surface area contributed by atoms with Gasteiger partial charge in [0.1, 0.15) is 23.6 Å². The topological polar surface area (TPSA) is 336 Å². The van der Waals surface area contributed by atoms with Crippen LogP contribution in [-0.2, 0) is 40.0 Å². The maximum atomic E-state index is 13.9. The number of aliphatic imine (C=N–C) groups is 1. The van der Waals surface area contributed by atoms with E-state index in [-0.39, 0.29) is 62.7 Å². The standard InChI is InChI=1S/C39H64N10O10/c1-21(2)17-25(35(56)45-23(5)34(41)55)20-31(52)29(14-15-32(53)54)46-37(58)33(22(3)4)48(6)39(59)49(7)47-36(57)26(18-24-10-12-27(50)13-11-24)19-30(51)28(40)9-8-16-44-38(42)43/h10-13,21-23,25-26,28-29,33,50H,8-9,14-20,40H2,1-7H3,(H2,41,55)(H,45,56)(H,46,58)(H,47,57)(H,53,54)(H4,42,43,44)/t23-,25+,26+,28-,29-,33?/m1/s1. The molecule has 0 spiro atoms. The van der Waals surface area contributed by atoms with Gasteiger partial charge in [0.05, 0.1) is 18.0 Å². The Labute approximate surface area is 345 Å². The summed E-state index contributed by atoms with van der Waals surface area (Å²) in [4.78, 5) is 109. The SMILES string of the molecule is CC(C)C[C@@H](CC(=O)[C@@H](CCC(=O)O)NC(=O)C(C(C)C)N(C)C(=O)N(C)NC(=O)[C@H](CC(=O)[C@H](N)CCCN=C(N)N)Cc1ccc(O)cc1)C(=O)N[C@H](C)C(N)=O. The van der Waals surface area contributed by atoms with E-state index < -0.39 is 95.5 Å². The van der Waals surface area contributed by atoms with Gasteiger partial charge in [0.15, 0.2) is 11.7 Å². The highest BCUT2D eigenvalue weighted by Crippen LogP contribution is 2.21. The van der Waals surface area contributed by atoms with E-state index in [9.17, 15) is 48.6 Å². The number of aliphatic carboxylic acids is 1. The van der Waals surface area contributed by atoms with Gasteiger partial charge in [0.25, 0.3) is 0 Å². The molecule has 0 aliphatic heterocycles. The first-order chi connectivity index (χ1) is 27.4. The Morgan fingerprint density at radius 3 is 1.92 bits per heavy atom. The molecule has 1 unspecified atom stereocenters. The van der Waals surface area contributed by atoms with Gasteiger partial charge in [-0.1, -0.05) is 39.8 Å². The minimum Gasteiger partial charge on any atom is -0.508 e. The number of nitrogens with two attached hydrogens (primary N) is 4. The maximum absolute atomic E-state index is 13.9. The summed E-state index contributed by atoms with van der Waals surface area (Å²) in [7, 11) is 2.56. The van der Waals surface area contributed by atoms with Crippen LogP contribution in [0.15, 0.2) is 29.3 Å². The van der Waals surface area contributed by atoms with Crippen molar-refractivity contribution in [1.29, 1.82) is 0 Å². The monoisotopic (exact) mass is 832 g/mol. The Bertz CT molecular complexity index is 1650. The second-order valence-electron chi connectivity index (χ2n) is 15.5. The summed E-state index contributed by atoms with van der Waals surface area (Å²) in [5.74, 6) is -7.81. The molecule has 20 nitrogen and oxygen atoms in total. The summed E-state index contributed by atoms with van der Waals surface area (Å²) >= 11 is 0. The van der Waals surface area contributed by atoms with Crippen molar-refractivity contribution in [2.45, 2.75) is 110 Å².